The van der Waals surface area contributed by atoms with Gasteiger partial charge in [-0.25, -0.2) is 0 Å². The van der Waals surface area contributed by atoms with E-state index in [-0.39, 0.29) is 0 Å². The molecule has 2 saturated carbocycles. The molecule has 0 radical (unpaired) electrons. The first kappa shape index (κ1) is 12.0. The molecule has 0 amide bonds. The first-order valence-electron chi connectivity index (χ1n) is 7.64. The Bertz CT molecular complexity index is 260. The summed E-state index contributed by atoms with van der Waals surface area (Å²) in [4.78, 5) is 2.85. The predicted octanol–water partition coefficient (Wildman–Crippen LogP) is 2.50. The van der Waals surface area contributed by atoms with Crippen molar-refractivity contribution in [3.63, 3.8) is 0 Å². The van der Waals surface area contributed by atoms with Crippen molar-refractivity contribution in [2.24, 2.45) is 17.3 Å². The summed E-state index contributed by atoms with van der Waals surface area (Å²) in [5, 5.41) is 3.60. The van der Waals surface area contributed by atoms with E-state index in [0.29, 0.717) is 5.41 Å². The third-order valence-corrected chi connectivity index (χ3v) is 5.27. The summed E-state index contributed by atoms with van der Waals surface area (Å²) in [6, 6.07) is 0.951. The predicted molar refractivity (Wildman–Crippen MR) is 72.1 cm³/mol. The van der Waals surface area contributed by atoms with Crippen molar-refractivity contribution in [1.29, 1.82) is 0 Å². The van der Waals surface area contributed by atoms with Crippen LogP contribution in [-0.2, 0) is 0 Å². The second-order valence-corrected chi connectivity index (χ2v) is 7.05. The van der Waals surface area contributed by atoms with Gasteiger partial charge in [-0.1, -0.05) is 13.8 Å². The topological polar surface area (TPSA) is 15.3 Å². The van der Waals surface area contributed by atoms with E-state index in [1.807, 2.05) is 0 Å². The van der Waals surface area contributed by atoms with Crippen molar-refractivity contribution in [3.05, 3.63) is 0 Å². The zero-order chi connectivity index (χ0) is 11.9. The molecule has 0 bridgehead atoms. The van der Waals surface area contributed by atoms with Gasteiger partial charge in [0.15, 0.2) is 0 Å². The van der Waals surface area contributed by atoms with Gasteiger partial charge in [0, 0.05) is 25.7 Å². The van der Waals surface area contributed by atoms with Gasteiger partial charge in [0.1, 0.15) is 0 Å². The molecule has 3 rings (SSSR count). The first-order chi connectivity index (χ1) is 8.20. The van der Waals surface area contributed by atoms with Crippen molar-refractivity contribution in [3.8, 4) is 0 Å². The van der Waals surface area contributed by atoms with Crippen molar-refractivity contribution < 1.29 is 0 Å². The Labute approximate surface area is 106 Å². The third-order valence-electron chi connectivity index (χ3n) is 5.27. The summed E-state index contributed by atoms with van der Waals surface area (Å²) in [6.45, 7) is 10.1. The number of nitrogens with one attached hydrogen (secondary N) is 1. The molecule has 0 aromatic carbocycles. The van der Waals surface area contributed by atoms with Crippen LogP contribution >= 0.6 is 0 Å². The lowest BCUT2D eigenvalue weighted by Crippen LogP contribution is -2.44. The quantitative estimate of drug-likeness (QED) is 0.762. The molecule has 2 heteroatoms. The Morgan fingerprint density at radius 1 is 1.24 bits per heavy atom. The largest absolute Gasteiger partial charge is 0.316 e. The van der Waals surface area contributed by atoms with Crippen LogP contribution < -0.4 is 5.32 Å². The summed E-state index contributed by atoms with van der Waals surface area (Å²) >= 11 is 0. The number of hydrogen-bond acceptors (Lipinski definition) is 2. The molecule has 3 aliphatic rings. The minimum absolute atomic E-state index is 0.567. The number of nitrogens with zero attached hydrogens (tertiary/aromatic N) is 1. The van der Waals surface area contributed by atoms with Crippen LogP contribution in [-0.4, -0.2) is 37.1 Å². The van der Waals surface area contributed by atoms with E-state index in [4.69, 9.17) is 0 Å². The van der Waals surface area contributed by atoms with Gasteiger partial charge in [-0.15, -0.1) is 0 Å². The standard InChI is InChI=1S/C15H28N2/c1-12(2)15(7-8-16-10-15)11-17(14-5-6-14)9-13-3-4-13/h12-14,16H,3-11H2,1-2H3. The molecule has 0 spiro atoms. The van der Waals surface area contributed by atoms with Crippen LogP contribution in [0.5, 0.6) is 0 Å². The zero-order valence-electron chi connectivity index (χ0n) is 11.5. The number of hydrogen-bond donors (Lipinski definition) is 1. The van der Waals surface area contributed by atoms with Crippen LogP contribution in [0.15, 0.2) is 0 Å². The highest BCUT2D eigenvalue weighted by atomic mass is 15.2. The molecule has 1 saturated heterocycles. The molecule has 0 aromatic heterocycles. The fraction of sp³-hybridized carbons (Fsp3) is 1.00. The second-order valence-electron chi connectivity index (χ2n) is 7.05. The molecule has 3 fully saturated rings. The van der Waals surface area contributed by atoms with Crippen molar-refractivity contribution in [1.82, 2.24) is 10.2 Å². The van der Waals surface area contributed by atoms with Crippen LogP contribution in [0.3, 0.4) is 0 Å². The minimum Gasteiger partial charge on any atom is -0.316 e. The summed E-state index contributed by atoms with van der Waals surface area (Å²) < 4.78 is 0. The Morgan fingerprint density at radius 3 is 2.47 bits per heavy atom. The van der Waals surface area contributed by atoms with Gasteiger partial charge in [-0.2, -0.15) is 0 Å². The molecule has 17 heavy (non-hydrogen) atoms. The van der Waals surface area contributed by atoms with E-state index in [0.717, 1.165) is 17.9 Å². The van der Waals surface area contributed by atoms with E-state index in [2.05, 4.69) is 24.1 Å². The fourth-order valence-corrected chi connectivity index (χ4v) is 3.39. The lowest BCUT2D eigenvalue weighted by atomic mass is 9.76. The summed E-state index contributed by atoms with van der Waals surface area (Å²) in [5.74, 6) is 1.87. The molecular formula is C15H28N2. The summed E-state index contributed by atoms with van der Waals surface area (Å²) in [6.07, 6.45) is 7.31. The third kappa shape index (κ3) is 2.68. The summed E-state index contributed by atoms with van der Waals surface area (Å²) in [5.41, 5.74) is 0.567. The van der Waals surface area contributed by atoms with Gasteiger partial charge in [0.2, 0.25) is 0 Å². The Hall–Kier alpha value is -0.0800. The van der Waals surface area contributed by atoms with E-state index in [1.54, 1.807) is 0 Å². The molecule has 98 valence electrons. The zero-order valence-corrected chi connectivity index (χ0v) is 11.5. The molecule has 2 aliphatic carbocycles. The second kappa shape index (κ2) is 4.55. The SMILES string of the molecule is CC(C)C1(CN(CC2CC2)C2CC2)CCNC1. The van der Waals surface area contributed by atoms with Crippen LogP contribution in [0.2, 0.25) is 0 Å². The van der Waals surface area contributed by atoms with Gasteiger partial charge in [0.25, 0.3) is 0 Å². The first-order valence-corrected chi connectivity index (χ1v) is 7.64. The smallest absolute Gasteiger partial charge is 0.00967 e. The van der Waals surface area contributed by atoms with Gasteiger partial charge >= 0.3 is 0 Å². The average Bonchev–Trinajstić information content (AvgIpc) is 3.18. The maximum atomic E-state index is 3.60. The van der Waals surface area contributed by atoms with Crippen molar-refractivity contribution in [2.75, 3.05) is 26.2 Å². The lowest BCUT2D eigenvalue weighted by molar-refractivity contribution is 0.108. The van der Waals surface area contributed by atoms with E-state index in [9.17, 15) is 0 Å². The minimum atomic E-state index is 0.567. The Morgan fingerprint density at radius 2 is 2.00 bits per heavy atom. The van der Waals surface area contributed by atoms with Crippen molar-refractivity contribution in [2.45, 2.75) is 52.0 Å². The van der Waals surface area contributed by atoms with E-state index >= 15 is 0 Å². The molecule has 1 unspecified atom stereocenters. The molecule has 2 nitrogen and oxygen atoms in total. The average molecular weight is 236 g/mol. The molecular weight excluding hydrogens is 208 g/mol. The van der Waals surface area contributed by atoms with Gasteiger partial charge in [0.05, 0.1) is 0 Å². The molecule has 1 atom stereocenters. The fourth-order valence-electron chi connectivity index (χ4n) is 3.39. The normalized spacial score (nSPS) is 33.9. The molecule has 1 aliphatic heterocycles. The Balaban J connectivity index is 1.64. The van der Waals surface area contributed by atoms with Crippen LogP contribution in [0.25, 0.3) is 0 Å². The highest BCUT2D eigenvalue weighted by Gasteiger charge is 2.42. The molecule has 1 heterocycles. The highest BCUT2D eigenvalue weighted by Crippen LogP contribution is 2.40. The van der Waals surface area contributed by atoms with E-state index in [1.165, 1.54) is 58.3 Å². The maximum absolute atomic E-state index is 3.60. The van der Waals surface area contributed by atoms with Gasteiger partial charge < -0.3 is 5.32 Å². The Kier molecular flexibility index (Phi) is 3.20. The van der Waals surface area contributed by atoms with Crippen LogP contribution in [0, 0.1) is 17.3 Å². The highest BCUT2D eigenvalue weighted by molar-refractivity contribution is 4.97. The summed E-state index contributed by atoms with van der Waals surface area (Å²) in [7, 11) is 0. The van der Waals surface area contributed by atoms with Crippen LogP contribution in [0.1, 0.15) is 46.0 Å². The monoisotopic (exact) mass is 236 g/mol. The van der Waals surface area contributed by atoms with Crippen LogP contribution in [0.4, 0.5) is 0 Å². The van der Waals surface area contributed by atoms with Gasteiger partial charge in [-0.05, 0) is 55.9 Å². The maximum Gasteiger partial charge on any atom is 0.00967 e. The number of rotatable bonds is 6. The van der Waals surface area contributed by atoms with Gasteiger partial charge in [-0.3, -0.25) is 4.90 Å². The van der Waals surface area contributed by atoms with Crippen molar-refractivity contribution >= 4 is 0 Å². The van der Waals surface area contributed by atoms with E-state index < -0.39 is 0 Å². The molecule has 0 aromatic rings. The molecule has 1 N–H and O–H groups in total. The lowest BCUT2D eigenvalue weighted by Gasteiger charge is -2.38.